The fourth-order valence-electron chi connectivity index (χ4n) is 3.53. The number of aromatic nitrogens is 3. The molecule has 4 aromatic rings. The van der Waals surface area contributed by atoms with E-state index >= 15 is 0 Å². The summed E-state index contributed by atoms with van der Waals surface area (Å²) in [6.45, 7) is 6.74. The molecular weight excluding hydrogens is 408 g/mol. The molecule has 160 valence electrons. The van der Waals surface area contributed by atoms with Crippen LogP contribution in [0.4, 0.5) is 5.82 Å². The summed E-state index contributed by atoms with van der Waals surface area (Å²) in [6, 6.07) is 20.6. The van der Waals surface area contributed by atoms with Crippen LogP contribution in [-0.2, 0) is 15.8 Å². The second-order valence-corrected chi connectivity index (χ2v) is 9.88. The Hall–Kier alpha value is -3.19. The molecule has 2 aromatic carbocycles. The molecule has 0 radical (unpaired) electrons. The van der Waals surface area contributed by atoms with Gasteiger partial charge >= 0.3 is 0 Å². The van der Waals surface area contributed by atoms with E-state index in [1.165, 1.54) is 3.97 Å². The van der Waals surface area contributed by atoms with Crippen molar-refractivity contribution >= 4 is 26.9 Å². The Morgan fingerprint density at radius 3 is 2.26 bits per heavy atom. The van der Waals surface area contributed by atoms with Crippen LogP contribution in [0.3, 0.4) is 0 Å². The number of fused-ring (bicyclic) bond motifs is 1. The van der Waals surface area contributed by atoms with E-state index in [0.29, 0.717) is 34.3 Å². The fourth-order valence-corrected chi connectivity index (χ4v) is 5.17. The normalized spacial score (nSPS) is 11.9. The molecule has 0 saturated heterocycles. The number of anilines is 1. The molecule has 1 N–H and O–H groups in total. The van der Waals surface area contributed by atoms with Crippen molar-refractivity contribution in [1.82, 2.24) is 13.9 Å². The molecule has 0 spiro atoms. The van der Waals surface area contributed by atoms with Crippen LogP contribution in [0.1, 0.15) is 25.1 Å². The lowest BCUT2D eigenvalue weighted by molar-refractivity contribution is 0.587. The van der Waals surface area contributed by atoms with Gasteiger partial charge in [-0.1, -0.05) is 74.5 Å². The van der Waals surface area contributed by atoms with Crippen LogP contribution in [-0.4, -0.2) is 28.9 Å². The zero-order chi connectivity index (χ0) is 22.0. The summed E-state index contributed by atoms with van der Waals surface area (Å²) < 4.78 is 28.2. The van der Waals surface area contributed by atoms with Gasteiger partial charge in [0.2, 0.25) is 10.0 Å². The summed E-state index contributed by atoms with van der Waals surface area (Å²) in [5.41, 5.74) is 2.58. The molecular formula is C24H26N4O2S. The average molecular weight is 435 g/mol. The largest absolute Gasteiger partial charge is 0.369 e. The topological polar surface area (TPSA) is 76.9 Å². The molecule has 0 bridgehead atoms. The summed E-state index contributed by atoms with van der Waals surface area (Å²) in [7, 11) is -3.68. The highest BCUT2D eigenvalue weighted by atomic mass is 32.2. The zero-order valence-electron chi connectivity index (χ0n) is 17.9. The summed E-state index contributed by atoms with van der Waals surface area (Å²) in [5, 5.41) is 4.08. The van der Waals surface area contributed by atoms with E-state index in [1.807, 2.05) is 66.7 Å². The number of rotatable bonds is 7. The van der Waals surface area contributed by atoms with Crippen LogP contribution in [0, 0.1) is 12.8 Å². The maximum Gasteiger partial charge on any atom is 0.244 e. The maximum atomic E-state index is 13.4. The summed E-state index contributed by atoms with van der Waals surface area (Å²) in [5.74, 6) is 1.45. The minimum absolute atomic E-state index is 0.0993. The third-order valence-corrected chi connectivity index (χ3v) is 6.69. The Labute approximate surface area is 183 Å². The molecule has 0 aliphatic heterocycles. The highest BCUT2D eigenvalue weighted by Crippen LogP contribution is 2.30. The van der Waals surface area contributed by atoms with Crippen LogP contribution in [0.2, 0.25) is 0 Å². The molecule has 0 aliphatic carbocycles. The fraction of sp³-hybridized carbons (Fsp3) is 0.250. The van der Waals surface area contributed by atoms with Gasteiger partial charge in [0.1, 0.15) is 5.82 Å². The standard InChI is InChI=1S/C24H26N4O2S/c1-17(2)15-25-23-21-14-18(3)28(31(29,30)16-19-10-6-4-7-11-19)24(21)27-22(26-23)20-12-8-5-9-13-20/h4-14,17H,15-16H2,1-3H3,(H,25,26,27). The maximum absolute atomic E-state index is 13.4. The quantitative estimate of drug-likeness (QED) is 0.450. The Kier molecular flexibility index (Phi) is 5.78. The number of aryl methyl sites for hydroxylation is 1. The number of nitrogens with zero attached hydrogens (tertiary/aromatic N) is 3. The van der Waals surface area contributed by atoms with Crippen LogP contribution in [0.5, 0.6) is 0 Å². The first-order valence-corrected chi connectivity index (χ1v) is 11.9. The highest BCUT2D eigenvalue weighted by Gasteiger charge is 2.23. The summed E-state index contributed by atoms with van der Waals surface area (Å²) >= 11 is 0. The van der Waals surface area contributed by atoms with Crippen molar-refractivity contribution in [3.8, 4) is 11.4 Å². The van der Waals surface area contributed by atoms with E-state index in [1.54, 1.807) is 6.92 Å². The smallest absolute Gasteiger partial charge is 0.244 e. The Morgan fingerprint density at radius 2 is 1.61 bits per heavy atom. The third-order valence-electron chi connectivity index (χ3n) is 4.97. The molecule has 7 heteroatoms. The van der Waals surface area contributed by atoms with Gasteiger partial charge in [-0.15, -0.1) is 0 Å². The van der Waals surface area contributed by atoms with E-state index < -0.39 is 10.0 Å². The van der Waals surface area contributed by atoms with Crippen molar-refractivity contribution in [1.29, 1.82) is 0 Å². The highest BCUT2D eigenvalue weighted by molar-refractivity contribution is 7.89. The first kappa shape index (κ1) is 21.1. The van der Waals surface area contributed by atoms with E-state index in [4.69, 9.17) is 9.97 Å². The lowest BCUT2D eigenvalue weighted by atomic mass is 10.2. The van der Waals surface area contributed by atoms with Crippen LogP contribution in [0.25, 0.3) is 22.4 Å². The van der Waals surface area contributed by atoms with Crippen molar-refractivity contribution in [2.75, 3.05) is 11.9 Å². The molecule has 0 atom stereocenters. The predicted molar refractivity (Wildman–Crippen MR) is 125 cm³/mol. The van der Waals surface area contributed by atoms with Crippen molar-refractivity contribution in [3.05, 3.63) is 78.0 Å². The summed E-state index contributed by atoms with van der Waals surface area (Å²) in [4.78, 5) is 9.43. The van der Waals surface area contributed by atoms with Crippen molar-refractivity contribution in [2.45, 2.75) is 26.5 Å². The molecule has 0 aliphatic rings. The third kappa shape index (κ3) is 4.46. The Balaban J connectivity index is 1.90. The van der Waals surface area contributed by atoms with Crippen LogP contribution < -0.4 is 5.32 Å². The number of hydrogen-bond donors (Lipinski definition) is 1. The van der Waals surface area contributed by atoms with E-state index in [2.05, 4.69) is 19.2 Å². The SMILES string of the molecule is Cc1cc2c(NCC(C)C)nc(-c3ccccc3)nc2n1S(=O)(=O)Cc1ccccc1. The minimum atomic E-state index is -3.68. The Morgan fingerprint density at radius 1 is 0.968 bits per heavy atom. The lowest BCUT2D eigenvalue weighted by Crippen LogP contribution is -2.17. The molecule has 6 nitrogen and oxygen atoms in total. The van der Waals surface area contributed by atoms with Gasteiger partial charge in [0.15, 0.2) is 11.5 Å². The Bertz CT molecular complexity index is 1300. The molecule has 2 aromatic heterocycles. The van der Waals surface area contributed by atoms with E-state index in [0.717, 1.165) is 17.7 Å². The second kappa shape index (κ2) is 8.51. The van der Waals surface area contributed by atoms with Crippen molar-refractivity contribution in [3.63, 3.8) is 0 Å². The van der Waals surface area contributed by atoms with Gasteiger partial charge < -0.3 is 5.32 Å². The zero-order valence-corrected chi connectivity index (χ0v) is 18.7. The number of hydrogen-bond acceptors (Lipinski definition) is 5. The molecule has 2 heterocycles. The minimum Gasteiger partial charge on any atom is -0.369 e. The first-order chi connectivity index (χ1) is 14.8. The van der Waals surface area contributed by atoms with Crippen LogP contribution >= 0.6 is 0 Å². The monoisotopic (exact) mass is 434 g/mol. The number of benzene rings is 2. The van der Waals surface area contributed by atoms with Gasteiger partial charge in [-0.2, -0.15) is 0 Å². The molecule has 4 rings (SSSR count). The van der Waals surface area contributed by atoms with Gasteiger partial charge in [0.25, 0.3) is 0 Å². The van der Waals surface area contributed by atoms with E-state index in [9.17, 15) is 8.42 Å². The molecule has 0 fully saturated rings. The molecule has 0 unspecified atom stereocenters. The molecule has 31 heavy (non-hydrogen) atoms. The average Bonchev–Trinajstić information content (AvgIpc) is 3.09. The van der Waals surface area contributed by atoms with Gasteiger partial charge in [0, 0.05) is 17.8 Å². The van der Waals surface area contributed by atoms with Gasteiger partial charge in [-0.3, -0.25) is 0 Å². The van der Waals surface area contributed by atoms with Crippen molar-refractivity contribution in [2.24, 2.45) is 5.92 Å². The van der Waals surface area contributed by atoms with Gasteiger partial charge in [-0.25, -0.2) is 22.4 Å². The first-order valence-electron chi connectivity index (χ1n) is 10.3. The molecule has 0 amide bonds. The van der Waals surface area contributed by atoms with Crippen LogP contribution in [0.15, 0.2) is 66.7 Å². The molecule has 0 saturated carbocycles. The van der Waals surface area contributed by atoms with Gasteiger partial charge in [-0.05, 0) is 24.5 Å². The number of nitrogens with one attached hydrogen (secondary N) is 1. The van der Waals surface area contributed by atoms with Crippen molar-refractivity contribution < 1.29 is 8.42 Å². The second-order valence-electron chi connectivity index (χ2n) is 8.07. The van der Waals surface area contributed by atoms with Gasteiger partial charge in [0.05, 0.1) is 11.1 Å². The lowest BCUT2D eigenvalue weighted by Gasteiger charge is -2.13. The predicted octanol–water partition coefficient (Wildman–Crippen LogP) is 4.85. The summed E-state index contributed by atoms with van der Waals surface area (Å²) in [6.07, 6.45) is 0. The van der Waals surface area contributed by atoms with E-state index in [-0.39, 0.29) is 5.75 Å².